The van der Waals surface area contributed by atoms with Crippen LogP contribution in [0, 0.1) is 11.3 Å². The number of hydrogen-bond donors (Lipinski definition) is 1. The standard InChI is InChI=1S/C22H33N3O.2ClH/c1-24(21(26)22-12-6-5-9-19(22)15-23-17-22)20-10-13-25(14-11-20)16-18-7-3-2-4-8-18;;/h2-4,7-8,19-20,23H,5-6,9-17H2,1H3;2*1H/t19-,22+;;/m0../s1. The fourth-order valence-corrected chi connectivity index (χ4v) is 5.49. The van der Waals surface area contributed by atoms with Crippen LogP contribution >= 0.6 is 24.8 Å². The lowest BCUT2D eigenvalue weighted by Crippen LogP contribution is -2.53. The highest BCUT2D eigenvalue weighted by atomic mass is 35.5. The van der Waals surface area contributed by atoms with E-state index in [0.29, 0.717) is 17.9 Å². The molecule has 0 bridgehead atoms. The van der Waals surface area contributed by atoms with Gasteiger partial charge in [-0.05, 0) is 43.7 Å². The van der Waals surface area contributed by atoms with E-state index < -0.39 is 0 Å². The van der Waals surface area contributed by atoms with Crippen molar-refractivity contribution in [2.45, 2.75) is 51.1 Å². The molecule has 0 spiro atoms. The summed E-state index contributed by atoms with van der Waals surface area (Å²) in [4.78, 5) is 18.1. The Labute approximate surface area is 182 Å². The van der Waals surface area contributed by atoms with E-state index in [0.717, 1.165) is 52.0 Å². The van der Waals surface area contributed by atoms with Gasteiger partial charge >= 0.3 is 0 Å². The molecule has 1 saturated carbocycles. The first-order chi connectivity index (χ1) is 12.7. The maximum Gasteiger partial charge on any atom is 0.230 e. The normalized spacial score (nSPS) is 28.0. The molecule has 4 nitrogen and oxygen atoms in total. The molecular formula is C22H35Cl2N3O. The Morgan fingerprint density at radius 2 is 1.86 bits per heavy atom. The van der Waals surface area contributed by atoms with Crippen LogP contribution < -0.4 is 5.32 Å². The summed E-state index contributed by atoms with van der Waals surface area (Å²) in [5.41, 5.74) is 1.28. The van der Waals surface area contributed by atoms with Crippen molar-refractivity contribution in [1.82, 2.24) is 15.1 Å². The summed E-state index contributed by atoms with van der Waals surface area (Å²) in [6.45, 7) is 5.14. The number of rotatable bonds is 4. The first-order valence-corrected chi connectivity index (χ1v) is 10.4. The Balaban J connectivity index is 0.00000140. The molecular weight excluding hydrogens is 393 g/mol. The number of nitrogens with one attached hydrogen (secondary N) is 1. The van der Waals surface area contributed by atoms with E-state index in [1.807, 2.05) is 0 Å². The molecule has 2 saturated heterocycles. The Hall–Kier alpha value is -0.810. The van der Waals surface area contributed by atoms with Crippen LogP contribution in [-0.2, 0) is 11.3 Å². The lowest BCUT2D eigenvalue weighted by Gasteiger charge is -2.44. The molecule has 158 valence electrons. The molecule has 2 heterocycles. The lowest BCUT2D eigenvalue weighted by molar-refractivity contribution is -0.147. The van der Waals surface area contributed by atoms with Crippen LogP contribution in [0.4, 0.5) is 0 Å². The molecule has 1 amide bonds. The lowest BCUT2D eigenvalue weighted by atomic mass is 9.67. The molecule has 1 aromatic rings. The summed E-state index contributed by atoms with van der Waals surface area (Å²) in [5.74, 6) is 0.984. The molecule has 0 radical (unpaired) electrons. The maximum absolute atomic E-state index is 13.4. The zero-order chi connectivity index (χ0) is 18.0. The second kappa shape index (κ2) is 10.3. The molecule has 1 N–H and O–H groups in total. The highest BCUT2D eigenvalue weighted by Gasteiger charge is 2.51. The van der Waals surface area contributed by atoms with Gasteiger partial charge in [0.2, 0.25) is 5.91 Å². The zero-order valence-corrected chi connectivity index (χ0v) is 18.6. The van der Waals surface area contributed by atoms with Gasteiger partial charge in [-0.2, -0.15) is 0 Å². The molecule has 0 aromatic heterocycles. The van der Waals surface area contributed by atoms with Crippen molar-refractivity contribution >= 4 is 30.7 Å². The highest BCUT2D eigenvalue weighted by molar-refractivity contribution is 5.85. The first kappa shape index (κ1) is 23.5. The molecule has 2 atom stereocenters. The first-order valence-electron chi connectivity index (χ1n) is 10.4. The summed E-state index contributed by atoms with van der Waals surface area (Å²) < 4.78 is 0. The third kappa shape index (κ3) is 4.67. The molecule has 6 heteroatoms. The summed E-state index contributed by atoms with van der Waals surface area (Å²) in [7, 11) is 2.07. The van der Waals surface area contributed by atoms with Crippen LogP contribution in [0.3, 0.4) is 0 Å². The van der Waals surface area contributed by atoms with Crippen molar-refractivity contribution in [2.24, 2.45) is 11.3 Å². The molecule has 3 fully saturated rings. The molecule has 3 aliphatic rings. The largest absolute Gasteiger partial charge is 0.342 e. The highest BCUT2D eigenvalue weighted by Crippen LogP contribution is 2.45. The zero-order valence-electron chi connectivity index (χ0n) is 16.9. The third-order valence-electron chi connectivity index (χ3n) is 7.14. The Bertz CT molecular complexity index is 621. The molecule has 1 aromatic carbocycles. The Kier molecular flexibility index (Phi) is 8.62. The van der Waals surface area contributed by atoms with Crippen LogP contribution in [0.25, 0.3) is 0 Å². The van der Waals surface area contributed by atoms with E-state index in [1.165, 1.54) is 24.8 Å². The second-order valence-electron chi connectivity index (χ2n) is 8.64. The number of amides is 1. The number of halogens is 2. The van der Waals surface area contributed by atoms with Crippen LogP contribution in [0.2, 0.25) is 0 Å². The molecule has 28 heavy (non-hydrogen) atoms. The quantitative estimate of drug-likeness (QED) is 0.794. The minimum absolute atomic E-state index is 0. The summed E-state index contributed by atoms with van der Waals surface area (Å²) in [6.07, 6.45) is 7.02. The summed E-state index contributed by atoms with van der Waals surface area (Å²) in [6, 6.07) is 11.1. The van der Waals surface area contributed by atoms with Crippen molar-refractivity contribution in [3.05, 3.63) is 35.9 Å². The summed E-state index contributed by atoms with van der Waals surface area (Å²) in [5, 5.41) is 3.52. The van der Waals surface area contributed by atoms with Crippen LogP contribution in [-0.4, -0.2) is 55.0 Å². The topological polar surface area (TPSA) is 35.6 Å². The van der Waals surface area contributed by atoms with E-state index >= 15 is 0 Å². The average Bonchev–Trinajstić information content (AvgIpc) is 3.13. The van der Waals surface area contributed by atoms with Crippen molar-refractivity contribution in [2.75, 3.05) is 33.2 Å². The number of carbonyl (C=O) groups is 1. The average molecular weight is 428 g/mol. The van der Waals surface area contributed by atoms with Gasteiger partial charge in [0, 0.05) is 39.3 Å². The van der Waals surface area contributed by atoms with Gasteiger partial charge in [-0.15, -0.1) is 24.8 Å². The van der Waals surface area contributed by atoms with Gasteiger partial charge < -0.3 is 10.2 Å². The van der Waals surface area contributed by atoms with Crippen molar-refractivity contribution in [3.63, 3.8) is 0 Å². The van der Waals surface area contributed by atoms with Gasteiger partial charge in [0.15, 0.2) is 0 Å². The molecule has 2 aliphatic heterocycles. The van der Waals surface area contributed by atoms with Crippen LogP contribution in [0.5, 0.6) is 0 Å². The Morgan fingerprint density at radius 1 is 1.14 bits per heavy atom. The summed E-state index contributed by atoms with van der Waals surface area (Å²) >= 11 is 0. The minimum Gasteiger partial charge on any atom is -0.342 e. The van der Waals surface area contributed by atoms with Gasteiger partial charge in [-0.1, -0.05) is 43.2 Å². The van der Waals surface area contributed by atoms with Crippen LogP contribution in [0.15, 0.2) is 30.3 Å². The van der Waals surface area contributed by atoms with E-state index in [1.54, 1.807) is 0 Å². The van der Waals surface area contributed by atoms with E-state index in [9.17, 15) is 4.79 Å². The molecule has 0 unspecified atom stereocenters. The predicted octanol–water partition coefficient (Wildman–Crippen LogP) is 3.73. The predicted molar refractivity (Wildman–Crippen MR) is 119 cm³/mol. The number of fused-ring (bicyclic) bond motifs is 1. The Morgan fingerprint density at radius 3 is 2.57 bits per heavy atom. The van der Waals surface area contributed by atoms with Crippen molar-refractivity contribution < 1.29 is 4.79 Å². The number of likely N-dealkylation sites (tertiary alicyclic amines) is 1. The third-order valence-corrected chi connectivity index (χ3v) is 7.14. The number of hydrogen-bond acceptors (Lipinski definition) is 3. The fourth-order valence-electron chi connectivity index (χ4n) is 5.49. The maximum atomic E-state index is 13.4. The van der Waals surface area contributed by atoms with Crippen LogP contribution in [0.1, 0.15) is 44.1 Å². The van der Waals surface area contributed by atoms with E-state index in [2.05, 4.69) is 52.5 Å². The van der Waals surface area contributed by atoms with Gasteiger partial charge in [0.05, 0.1) is 5.41 Å². The van der Waals surface area contributed by atoms with Gasteiger partial charge in [0.1, 0.15) is 0 Å². The minimum atomic E-state index is -0.103. The van der Waals surface area contributed by atoms with Crippen molar-refractivity contribution in [1.29, 1.82) is 0 Å². The SMILES string of the molecule is CN(C(=O)[C@@]12CCCC[C@H]1CNC2)C1CCN(Cc2ccccc2)CC1.Cl.Cl. The van der Waals surface area contributed by atoms with Gasteiger partial charge in [0.25, 0.3) is 0 Å². The molecule has 4 rings (SSSR count). The van der Waals surface area contributed by atoms with Crippen molar-refractivity contribution in [3.8, 4) is 0 Å². The monoisotopic (exact) mass is 427 g/mol. The van der Waals surface area contributed by atoms with E-state index in [-0.39, 0.29) is 30.2 Å². The fraction of sp³-hybridized carbons (Fsp3) is 0.682. The number of carbonyl (C=O) groups excluding carboxylic acids is 1. The van der Waals surface area contributed by atoms with Gasteiger partial charge in [-0.3, -0.25) is 9.69 Å². The van der Waals surface area contributed by atoms with Gasteiger partial charge in [-0.25, -0.2) is 0 Å². The smallest absolute Gasteiger partial charge is 0.230 e. The van der Waals surface area contributed by atoms with E-state index in [4.69, 9.17) is 0 Å². The second-order valence-corrected chi connectivity index (χ2v) is 8.64. The molecule has 1 aliphatic carbocycles. The number of benzene rings is 1. The number of nitrogens with zero attached hydrogens (tertiary/aromatic N) is 2. The number of piperidine rings is 1.